The molecule has 0 aromatic heterocycles. The zero-order valence-corrected chi connectivity index (χ0v) is 10.6. The minimum absolute atomic E-state index is 0.0178. The van der Waals surface area contributed by atoms with Crippen molar-refractivity contribution >= 4 is 5.69 Å². The Labute approximate surface area is 115 Å². The van der Waals surface area contributed by atoms with E-state index in [0.29, 0.717) is 18.2 Å². The van der Waals surface area contributed by atoms with Crippen molar-refractivity contribution in [2.45, 2.75) is 18.8 Å². The van der Waals surface area contributed by atoms with E-state index in [0.717, 1.165) is 0 Å². The van der Waals surface area contributed by atoms with Gasteiger partial charge in [-0.15, -0.1) is 0 Å². The van der Waals surface area contributed by atoms with Crippen LogP contribution in [-0.2, 0) is 10.9 Å². The number of anilines is 1. The monoisotopic (exact) mass is 319 g/mol. The molecule has 1 N–H and O–H groups in total. The Morgan fingerprint density at radius 1 is 1.05 bits per heavy atom. The molecule has 2 nitrogen and oxygen atoms in total. The van der Waals surface area contributed by atoms with E-state index in [9.17, 15) is 30.7 Å². The van der Waals surface area contributed by atoms with Gasteiger partial charge in [0.05, 0.1) is 11.3 Å². The summed E-state index contributed by atoms with van der Waals surface area (Å²) in [6.45, 7) is -1.66. The lowest BCUT2D eigenvalue weighted by atomic mass is 10.2. The predicted octanol–water partition coefficient (Wildman–Crippen LogP) is 4.23. The van der Waals surface area contributed by atoms with Crippen molar-refractivity contribution in [1.82, 2.24) is 0 Å². The highest BCUT2D eigenvalue weighted by atomic mass is 19.4. The Morgan fingerprint density at radius 3 is 2.29 bits per heavy atom. The fourth-order valence-electron chi connectivity index (χ4n) is 1.42. The second-order valence-corrected chi connectivity index (χ2v) is 4.14. The van der Waals surface area contributed by atoms with Crippen LogP contribution in [0.3, 0.4) is 0 Å². The van der Waals surface area contributed by atoms with Crippen molar-refractivity contribution < 1.29 is 35.5 Å². The fraction of sp³-hybridized carbons (Fsp3) is 0.500. The Hall–Kier alpha value is -1.51. The number of nitrogens with one attached hydrogen (secondary N) is 1. The Kier molecular flexibility index (Phi) is 5.82. The molecule has 0 saturated heterocycles. The van der Waals surface area contributed by atoms with Crippen LogP contribution in [0.4, 0.5) is 36.4 Å². The largest absolute Gasteiger partial charge is 0.416 e. The summed E-state index contributed by atoms with van der Waals surface area (Å²) >= 11 is 0. The molecule has 120 valence electrons. The molecule has 0 aliphatic carbocycles. The van der Waals surface area contributed by atoms with Gasteiger partial charge in [-0.2, -0.15) is 26.3 Å². The number of alkyl halides is 6. The summed E-state index contributed by atoms with van der Waals surface area (Å²) in [5.41, 5.74) is -1.37. The second-order valence-electron chi connectivity index (χ2n) is 4.14. The summed E-state index contributed by atoms with van der Waals surface area (Å²) < 4.78 is 90.1. The van der Waals surface area contributed by atoms with Gasteiger partial charge >= 0.3 is 12.4 Å². The molecule has 0 atom stereocenters. The zero-order chi connectivity index (χ0) is 16.1. The van der Waals surface area contributed by atoms with Gasteiger partial charge in [-0.3, -0.25) is 0 Å². The Morgan fingerprint density at radius 2 is 1.71 bits per heavy atom. The normalized spacial score (nSPS) is 12.5. The molecule has 21 heavy (non-hydrogen) atoms. The van der Waals surface area contributed by atoms with Crippen molar-refractivity contribution in [3.8, 4) is 0 Å². The minimum atomic E-state index is -4.60. The van der Waals surface area contributed by atoms with Gasteiger partial charge in [0.2, 0.25) is 0 Å². The van der Waals surface area contributed by atoms with Crippen LogP contribution < -0.4 is 5.32 Å². The minimum Gasteiger partial charge on any atom is -0.383 e. The molecule has 0 aliphatic rings. The lowest BCUT2D eigenvalue weighted by Crippen LogP contribution is -2.18. The van der Waals surface area contributed by atoms with E-state index in [-0.39, 0.29) is 25.3 Å². The van der Waals surface area contributed by atoms with E-state index < -0.39 is 30.3 Å². The van der Waals surface area contributed by atoms with Gasteiger partial charge in [0, 0.05) is 13.2 Å². The summed E-state index contributed by atoms with van der Waals surface area (Å²) in [5.74, 6) is -0.876. The van der Waals surface area contributed by atoms with Crippen LogP contribution in [0.1, 0.15) is 12.0 Å². The third-order valence-electron chi connectivity index (χ3n) is 2.34. The number of benzene rings is 1. The molecular formula is C12H12F7NO. The van der Waals surface area contributed by atoms with Crippen LogP contribution in [0.25, 0.3) is 0 Å². The van der Waals surface area contributed by atoms with Gasteiger partial charge in [-0.05, 0) is 24.6 Å². The van der Waals surface area contributed by atoms with Crippen LogP contribution in [0.15, 0.2) is 18.2 Å². The molecular weight excluding hydrogens is 307 g/mol. The van der Waals surface area contributed by atoms with Crippen LogP contribution in [0.2, 0.25) is 0 Å². The van der Waals surface area contributed by atoms with E-state index >= 15 is 0 Å². The maximum atomic E-state index is 13.3. The molecule has 0 heterocycles. The summed E-state index contributed by atoms with van der Waals surface area (Å²) in [4.78, 5) is 0. The summed E-state index contributed by atoms with van der Waals surface area (Å²) in [6, 6.07) is 1.88. The first-order valence-electron chi connectivity index (χ1n) is 5.85. The van der Waals surface area contributed by atoms with Gasteiger partial charge < -0.3 is 10.1 Å². The van der Waals surface area contributed by atoms with Crippen molar-refractivity contribution in [3.05, 3.63) is 29.6 Å². The molecule has 0 aliphatic heterocycles. The average Bonchev–Trinajstić information content (AvgIpc) is 2.32. The number of ether oxygens (including phenoxy) is 1. The van der Waals surface area contributed by atoms with E-state index in [1.807, 2.05) is 0 Å². The summed E-state index contributed by atoms with van der Waals surface area (Å²) in [7, 11) is 0. The van der Waals surface area contributed by atoms with Crippen LogP contribution >= 0.6 is 0 Å². The molecule has 0 fully saturated rings. The molecule has 0 spiro atoms. The molecule has 9 heteroatoms. The average molecular weight is 319 g/mol. The molecule has 0 saturated carbocycles. The van der Waals surface area contributed by atoms with E-state index in [1.165, 1.54) is 0 Å². The van der Waals surface area contributed by atoms with Crippen molar-refractivity contribution in [2.24, 2.45) is 0 Å². The highest BCUT2D eigenvalue weighted by Crippen LogP contribution is 2.31. The molecule has 0 amide bonds. The molecule has 1 aromatic rings. The first kappa shape index (κ1) is 17.5. The molecule has 0 unspecified atom stereocenters. The van der Waals surface area contributed by atoms with E-state index in [4.69, 9.17) is 0 Å². The Bertz CT molecular complexity index is 456. The second kappa shape index (κ2) is 6.97. The van der Waals surface area contributed by atoms with Gasteiger partial charge in [0.25, 0.3) is 0 Å². The van der Waals surface area contributed by atoms with E-state index in [1.54, 1.807) is 0 Å². The van der Waals surface area contributed by atoms with Gasteiger partial charge in [-0.25, -0.2) is 4.39 Å². The number of hydrogen-bond donors (Lipinski definition) is 1. The van der Waals surface area contributed by atoms with Gasteiger partial charge in [0.1, 0.15) is 12.4 Å². The van der Waals surface area contributed by atoms with Crippen LogP contribution in [0.5, 0.6) is 0 Å². The third-order valence-corrected chi connectivity index (χ3v) is 2.34. The van der Waals surface area contributed by atoms with Crippen LogP contribution in [-0.4, -0.2) is 25.9 Å². The smallest absolute Gasteiger partial charge is 0.383 e. The number of hydrogen-bond acceptors (Lipinski definition) is 2. The SMILES string of the molecule is Fc1ccc(C(F)(F)F)cc1NCCCOCC(F)(F)F. The molecule has 0 radical (unpaired) electrons. The number of rotatable bonds is 6. The lowest BCUT2D eigenvalue weighted by molar-refractivity contribution is -0.173. The lowest BCUT2D eigenvalue weighted by Gasteiger charge is -2.12. The first-order chi connectivity index (χ1) is 9.59. The molecule has 0 bridgehead atoms. The first-order valence-corrected chi connectivity index (χ1v) is 5.85. The summed E-state index contributed by atoms with van der Waals surface area (Å²) in [5, 5.41) is 2.39. The molecule has 1 rings (SSSR count). The predicted molar refractivity (Wildman–Crippen MR) is 61.4 cm³/mol. The zero-order valence-electron chi connectivity index (χ0n) is 10.6. The van der Waals surface area contributed by atoms with Crippen molar-refractivity contribution in [1.29, 1.82) is 0 Å². The third kappa shape index (κ3) is 6.65. The van der Waals surface area contributed by atoms with Crippen molar-refractivity contribution in [3.63, 3.8) is 0 Å². The standard InChI is InChI=1S/C12H12F7NO/c13-9-3-2-8(12(17,18)19)6-10(9)20-4-1-5-21-7-11(14,15)16/h2-3,6,20H,1,4-5,7H2. The van der Waals surface area contributed by atoms with Crippen LogP contribution in [0, 0.1) is 5.82 Å². The highest BCUT2D eigenvalue weighted by Gasteiger charge is 2.31. The topological polar surface area (TPSA) is 21.3 Å². The maximum absolute atomic E-state index is 13.3. The summed E-state index contributed by atoms with van der Waals surface area (Å²) in [6.07, 6.45) is -8.94. The van der Waals surface area contributed by atoms with E-state index in [2.05, 4.69) is 10.1 Å². The highest BCUT2D eigenvalue weighted by molar-refractivity contribution is 5.47. The fourth-order valence-corrected chi connectivity index (χ4v) is 1.42. The quantitative estimate of drug-likeness (QED) is 0.626. The number of halogens is 7. The van der Waals surface area contributed by atoms with Gasteiger partial charge in [-0.1, -0.05) is 0 Å². The van der Waals surface area contributed by atoms with Gasteiger partial charge in [0.15, 0.2) is 0 Å². The van der Waals surface area contributed by atoms with Crippen molar-refractivity contribution in [2.75, 3.05) is 25.1 Å². The molecule has 1 aromatic carbocycles. The maximum Gasteiger partial charge on any atom is 0.416 e. The Balaban J connectivity index is 2.42.